The number of aliphatic hydroxyl groups excluding tert-OH is 1. The maximum absolute atomic E-state index is 9.46. The first-order valence-corrected chi connectivity index (χ1v) is 5.93. The zero-order valence-corrected chi connectivity index (χ0v) is 10.3. The highest BCUT2D eigenvalue weighted by Crippen LogP contribution is 2.37. The Kier molecular flexibility index (Phi) is 3.04. The number of hydrogen-bond donors (Lipinski definition) is 2. The van der Waals surface area contributed by atoms with Gasteiger partial charge >= 0.3 is 0 Å². The van der Waals surface area contributed by atoms with Crippen LogP contribution in [0.1, 0.15) is 36.7 Å². The van der Waals surface area contributed by atoms with Gasteiger partial charge in [-0.15, -0.1) is 0 Å². The van der Waals surface area contributed by atoms with Crippen LogP contribution in [-0.2, 0) is 0 Å². The van der Waals surface area contributed by atoms with Gasteiger partial charge in [-0.25, -0.2) is 0 Å². The van der Waals surface area contributed by atoms with Crippen molar-refractivity contribution in [3.05, 3.63) is 17.5 Å². The molecule has 2 unspecified atom stereocenters. The average Bonchev–Trinajstić information content (AvgIpc) is 2.83. The molecule has 1 heterocycles. The molecule has 0 bridgehead atoms. The molecule has 1 aromatic rings. The van der Waals surface area contributed by atoms with Gasteiger partial charge in [-0.1, -0.05) is 0 Å². The van der Waals surface area contributed by atoms with Gasteiger partial charge in [-0.05, 0) is 46.2 Å². The number of nitrogens with one attached hydrogen (secondary N) is 1. The molecular weight excluding hydrogens is 202 g/mol. The van der Waals surface area contributed by atoms with Crippen molar-refractivity contribution in [2.75, 3.05) is 13.7 Å². The minimum Gasteiger partial charge on any atom is -0.394 e. The summed E-state index contributed by atoms with van der Waals surface area (Å²) in [4.78, 5) is 0. The van der Waals surface area contributed by atoms with Crippen LogP contribution in [0.3, 0.4) is 0 Å². The van der Waals surface area contributed by atoms with E-state index in [2.05, 4.69) is 28.1 Å². The SMILES string of the molecule is CNC1(CO)CCC(n2nc(C)cc2C)C1. The fraction of sp³-hybridized carbons (Fsp3) is 0.750. The van der Waals surface area contributed by atoms with Crippen molar-refractivity contribution in [2.24, 2.45) is 0 Å². The predicted octanol–water partition coefficient (Wildman–Crippen LogP) is 1.18. The van der Waals surface area contributed by atoms with E-state index in [1.165, 1.54) is 5.69 Å². The third kappa shape index (κ3) is 1.87. The standard InChI is InChI=1S/C12H21N3O/c1-9-6-10(2)15(14-9)11-4-5-12(7-11,8-16)13-3/h6,11,13,16H,4-5,7-8H2,1-3H3. The third-order valence-corrected chi connectivity index (χ3v) is 3.81. The van der Waals surface area contributed by atoms with Crippen LogP contribution in [0.15, 0.2) is 6.07 Å². The van der Waals surface area contributed by atoms with Gasteiger partial charge in [0.05, 0.1) is 18.3 Å². The molecule has 1 aromatic heterocycles. The maximum atomic E-state index is 9.46. The van der Waals surface area contributed by atoms with Crippen molar-refractivity contribution >= 4 is 0 Å². The summed E-state index contributed by atoms with van der Waals surface area (Å²) in [6.07, 6.45) is 3.06. The first-order chi connectivity index (χ1) is 7.60. The molecule has 4 heteroatoms. The Balaban J connectivity index is 2.17. The Bertz CT molecular complexity index is 368. The molecule has 0 saturated heterocycles. The fourth-order valence-electron chi connectivity index (χ4n) is 2.77. The van der Waals surface area contributed by atoms with E-state index in [0.717, 1.165) is 25.0 Å². The first kappa shape index (κ1) is 11.6. The highest BCUT2D eigenvalue weighted by molar-refractivity contribution is 5.09. The van der Waals surface area contributed by atoms with Gasteiger partial charge in [-0.2, -0.15) is 5.10 Å². The largest absolute Gasteiger partial charge is 0.394 e. The van der Waals surface area contributed by atoms with Crippen LogP contribution in [-0.4, -0.2) is 34.1 Å². The van der Waals surface area contributed by atoms with Gasteiger partial charge in [-0.3, -0.25) is 4.68 Å². The molecule has 2 atom stereocenters. The second-order valence-electron chi connectivity index (χ2n) is 4.96. The second kappa shape index (κ2) is 4.18. The van der Waals surface area contributed by atoms with Crippen LogP contribution >= 0.6 is 0 Å². The Hall–Kier alpha value is -0.870. The van der Waals surface area contributed by atoms with E-state index < -0.39 is 0 Å². The van der Waals surface area contributed by atoms with Gasteiger partial charge in [0.15, 0.2) is 0 Å². The molecule has 90 valence electrons. The van der Waals surface area contributed by atoms with Crippen LogP contribution in [0.25, 0.3) is 0 Å². The number of aryl methyl sites for hydroxylation is 2. The van der Waals surface area contributed by atoms with Gasteiger partial charge in [0, 0.05) is 11.2 Å². The van der Waals surface area contributed by atoms with Crippen LogP contribution in [0.2, 0.25) is 0 Å². The molecule has 1 aliphatic carbocycles. The molecular formula is C12H21N3O. The maximum Gasteiger partial charge on any atom is 0.0614 e. The van der Waals surface area contributed by atoms with Crippen LogP contribution in [0.4, 0.5) is 0 Å². The van der Waals surface area contributed by atoms with Crippen molar-refractivity contribution < 1.29 is 5.11 Å². The average molecular weight is 223 g/mol. The van der Waals surface area contributed by atoms with Crippen LogP contribution < -0.4 is 5.32 Å². The highest BCUT2D eigenvalue weighted by atomic mass is 16.3. The summed E-state index contributed by atoms with van der Waals surface area (Å²) < 4.78 is 2.12. The van der Waals surface area contributed by atoms with Crippen molar-refractivity contribution in [3.63, 3.8) is 0 Å². The van der Waals surface area contributed by atoms with Crippen LogP contribution in [0, 0.1) is 13.8 Å². The highest BCUT2D eigenvalue weighted by Gasteiger charge is 2.38. The minimum atomic E-state index is -0.100. The Morgan fingerprint density at radius 1 is 1.62 bits per heavy atom. The zero-order valence-electron chi connectivity index (χ0n) is 10.3. The van der Waals surface area contributed by atoms with E-state index in [-0.39, 0.29) is 12.1 Å². The summed E-state index contributed by atoms with van der Waals surface area (Å²) in [5, 5.41) is 17.3. The van der Waals surface area contributed by atoms with E-state index in [1.807, 2.05) is 14.0 Å². The van der Waals surface area contributed by atoms with Gasteiger partial charge < -0.3 is 10.4 Å². The number of rotatable bonds is 3. The van der Waals surface area contributed by atoms with Crippen molar-refractivity contribution in [1.82, 2.24) is 15.1 Å². The molecule has 0 spiro atoms. The molecule has 1 fully saturated rings. The van der Waals surface area contributed by atoms with E-state index in [1.54, 1.807) is 0 Å². The second-order valence-corrected chi connectivity index (χ2v) is 4.96. The molecule has 0 aromatic carbocycles. The lowest BCUT2D eigenvalue weighted by molar-refractivity contribution is 0.168. The number of aliphatic hydroxyl groups is 1. The van der Waals surface area contributed by atoms with E-state index in [9.17, 15) is 5.11 Å². The first-order valence-electron chi connectivity index (χ1n) is 5.93. The number of nitrogens with zero attached hydrogens (tertiary/aromatic N) is 2. The molecule has 0 aliphatic heterocycles. The zero-order chi connectivity index (χ0) is 11.8. The topological polar surface area (TPSA) is 50.1 Å². The monoisotopic (exact) mass is 223 g/mol. The molecule has 4 nitrogen and oxygen atoms in total. The molecule has 1 aliphatic rings. The van der Waals surface area contributed by atoms with Crippen LogP contribution in [0.5, 0.6) is 0 Å². The van der Waals surface area contributed by atoms with Gasteiger partial charge in [0.25, 0.3) is 0 Å². The molecule has 1 saturated carbocycles. The van der Waals surface area contributed by atoms with Gasteiger partial charge in [0.2, 0.25) is 0 Å². The molecule has 2 rings (SSSR count). The van der Waals surface area contributed by atoms with E-state index >= 15 is 0 Å². The van der Waals surface area contributed by atoms with E-state index in [4.69, 9.17) is 0 Å². The molecule has 16 heavy (non-hydrogen) atoms. The lowest BCUT2D eigenvalue weighted by Crippen LogP contribution is -2.44. The number of aromatic nitrogens is 2. The predicted molar refractivity (Wildman–Crippen MR) is 63.5 cm³/mol. The molecule has 0 amide bonds. The fourth-order valence-corrected chi connectivity index (χ4v) is 2.77. The molecule has 2 N–H and O–H groups in total. The third-order valence-electron chi connectivity index (χ3n) is 3.81. The number of likely N-dealkylation sites (N-methyl/N-ethyl adjacent to an activating group) is 1. The minimum absolute atomic E-state index is 0.100. The summed E-state index contributed by atoms with van der Waals surface area (Å²) in [7, 11) is 1.93. The van der Waals surface area contributed by atoms with Crippen molar-refractivity contribution in [3.8, 4) is 0 Å². The summed E-state index contributed by atoms with van der Waals surface area (Å²) in [5.41, 5.74) is 2.19. The summed E-state index contributed by atoms with van der Waals surface area (Å²) in [6.45, 7) is 4.33. The smallest absolute Gasteiger partial charge is 0.0614 e. The lowest BCUT2D eigenvalue weighted by atomic mass is 9.99. The quantitative estimate of drug-likeness (QED) is 0.809. The summed E-state index contributed by atoms with van der Waals surface area (Å²) in [5.74, 6) is 0. The summed E-state index contributed by atoms with van der Waals surface area (Å²) >= 11 is 0. The summed E-state index contributed by atoms with van der Waals surface area (Å²) in [6, 6.07) is 2.53. The Morgan fingerprint density at radius 3 is 2.81 bits per heavy atom. The lowest BCUT2D eigenvalue weighted by Gasteiger charge is -2.26. The van der Waals surface area contributed by atoms with Gasteiger partial charge in [0.1, 0.15) is 0 Å². The van der Waals surface area contributed by atoms with Crippen molar-refractivity contribution in [1.29, 1.82) is 0 Å². The Morgan fingerprint density at radius 2 is 2.38 bits per heavy atom. The normalized spacial score (nSPS) is 29.9. The van der Waals surface area contributed by atoms with Crippen molar-refractivity contribution in [2.45, 2.75) is 44.7 Å². The Labute approximate surface area is 96.7 Å². The number of hydrogen-bond acceptors (Lipinski definition) is 3. The van der Waals surface area contributed by atoms with E-state index in [0.29, 0.717) is 6.04 Å². The molecule has 0 radical (unpaired) electrons.